The van der Waals surface area contributed by atoms with Crippen LogP contribution in [-0.4, -0.2) is 44.7 Å². The minimum absolute atomic E-state index is 0.0873. The molecule has 1 amide bonds. The molecule has 0 saturated heterocycles. The summed E-state index contributed by atoms with van der Waals surface area (Å²) in [5, 5.41) is 0. The summed E-state index contributed by atoms with van der Waals surface area (Å²) in [6.07, 6.45) is 3.31. The van der Waals surface area contributed by atoms with Crippen LogP contribution < -0.4 is 14.2 Å². The number of ether oxygens (including phenoxy) is 3. The number of hydrogen-bond acceptors (Lipinski definition) is 4. The van der Waals surface area contributed by atoms with Gasteiger partial charge < -0.3 is 19.1 Å². The Hall–Kier alpha value is -2.95. The largest absolute Gasteiger partial charge is 0.493 e. The van der Waals surface area contributed by atoms with Crippen LogP contribution in [0.1, 0.15) is 18.1 Å². The van der Waals surface area contributed by atoms with E-state index in [9.17, 15) is 4.79 Å². The lowest BCUT2D eigenvalue weighted by Crippen LogP contribution is -2.29. The third kappa shape index (κ3) is 6.37. The van der Waals surface area contributed by atoms with E-state index in [-0.39, 0.29) is 5.91 Å². The van der Waals surface area contributed by atoms with Gasteiger partial charge >= 0.3 is 0 Å². The highest BCUT2D eigenvalue weighted by molar-refractivity contribution is 5.91. The molecule has 5 heteroatoms. The van der Waals surface area contributed by atoms with Gasteiger partial charge in [-0.15, -0.1) is 0 Å². The highest BCUT2D eigenvalue weighted by Gasteiger charge is 2.07. The normalized spacial score (nSPS) is 10.7. The number of methoxy groups -OCH3 is 1. The SMILES string of the molecule is CCOc1ccc(/C=C/C(=O)N(C)CCOc2cccc(C)c2)cc1OC. The van der Waals surface area contributed by atoms with Crippen LogP contribution in [0.15, 0.2) is 48.5 Å². The molecule has 0 aliphatic rings. The van der Waals surface area contributed by atoms with E-state index in [0.29, 0.717) is 31.3 Å². The number of likely N-dealkylation sites (N-methyl/N-ethyl adjacent to an activating group) is 1. The van der Waals surface area contributed by atoms with Gasteiger partial charge in [-0.3, -0.25) is 4.79 Å². The van der Waals surface area contributed by atoms with Crippen molar-refractivity contribution >= 4 is 12.0 Å². The number of aryl methyl sites for hydroxylation is 1. The van der Waals surface area contributed by atoms with Crippen LogP contribution in [0.4, 0.5) is 0 Å². The molecule has 0 spiro atoms. The van der Waals surface area contributed by atoms with Gasteiger partial charge in [-0.1, -0.05) is 18.2 Å². The summed E-state index contributed by atoms with van der Waals surface area (Å²) in [4.78, 5) is 13.9. The molecule has 0 aromatic heterocycles. The van der Waals surface area contributed by atoms with E-state index in [0.717, 1.165) is 16.9 Å². The summed E-state index contributed by atoms with van der Waals surface area (Å²) in [6.45, 7) is 5.45. The highest BCUT2D eigenvalue weighted by atomic mass is 16.5. The Morgan fingerprint density at radius 1 is 1.11 bits per heavy atom. The molecule has 0 fully saturated rings. The molecule has 0 aliphatic carbocycles. The molecule has 0 atom stereocenters. The van der Waals surface area contributed by atoms with Crippen molar-refractivity contribution in [2.24, 2.45) is 0 Å². The van der Waals surface area contributed by atoms with Gasteiger partial charge in [0.1, 0.15) is 12.4 Å². The molecule has 0 unspecified atom stereocenters. The Labute approximate surface area is 161 Å². The van der Waals surface area contributed by atoms with E-state index < -0.39 is 0 Å². The number of carbonyl (C=O) groups excluding carboxylic acids is 1. The first kappa shape index (κ1) is 20.4. The second kappa shape index (κ2) is 10.3. The van der Waals surface area contributed by atoms with Crippen molar-refractivity contribution in [2.75, 3.05) is 33.9 Å². The van der Waals surface area contributed by atoms with E-state index in [1.165, 1.54) is 0 Å². The molecule has 0 radical (unpaired) electrons. The Kier molecular flexibility index (Phi) is 7.74. The van der Waals surface area contributed by atoms with Crippen molar-refractivity contribution in [3.8, 4) is 17.2 Å². The summed E-state index contributed by atoms with van der Waals surface area (Å²) < 4.78 is 16.5. The molecule has 2 rings (SSSR count). The fraction of sp³-hybridized carbons (Fsp3) is 0.318. The van der Waals surface area contributed by atoms with Crippen LogP contribution in [0.2, 0.25) is 0 Å². The number of rotatable bonds is 9. The van der Waals surface area contributed by atoms with Crippen molar-refractivity contribution < 1.29 is 19.0 Å². The molecule has 0 N–H and O–H groups in total. The molecule has 2 aromatic rings. The first-order valence-corrected chi connectivity index (χ1v) is 8.97. The van der Waals surface area contributed by atoms with Crippen LogP contribution in [-0.2, 0) is 4.79 Å². The lowest BCUT2D eigenvalue weighted by atomic mass is 10.2. The van der Waals surface area contributed by atoms with Crippen molar-refractivity contribution in [3.63, 3.8) is 0 Å². The molecular weight excluding hydrogens is 342 g/mol. The first-order chi connectivity index (χ1) is 13.0. The number of hydrogen-bond donors (Lipinski definition) is 0. The van der Waals surface area contributed by atoms with Gasteiger partial charge in [0.25, 0.3) is 0 Å². The molecule has 144 valence electrons. The van der Waals surface area contributed by atoms with E-state index in [1.54, 1.807) is 31.2 Å². The molecular formula is C22H27NO4. The van der Waals surface area contributed by atoms with Crippen LogP contribution in [0.5, 0.6) is 17.2 Å². The average Bonchev–Trinajstić information content (AvgIpc) is 2.67. The van der Waals surface area contributed by atoms with E-state index in [2.05, 4.69) is 0 Å². The standard InChI is InChI=1S/C22H27NO4/c1-5-26-20-11-9-18(16-21(20)25-4)10-12-22(24)23(3)13-14-27-19-8-6-7-17(2)15-19/h6-12,15-16H,5,13-14H2,1-4H3/b12-10+. The van der Waals surface area contributed by atoms with Crippen LogP contribution in [0, 0.1) is 6.92 Å². The summed E-state index contributed by atoms with van der Waals surface area (Å²) in [7, 11) is 3.35. The molecule has 0 heterocycles. The molecule has 5 nitrogen and oxygen atoms in total. The van der Waals surface area contributed by atoms with Gasteiger partial charge in [-0.25, -0.2) is 0 Å². The fourth-order valence-electron chi connectivity index (χ4n) is 2.47. The van der Waals surface area contributed by atoms with Gasteiger partial charge in [0.2, 0.25) is 5.91 Å². The zero-order valence-corrected chi connectivity index (χ0v) is 16.4. The first-order valence-electron chi connectivity index (χ1n) is 8.97. The zero-order chi connectivity index (χ0) is 19.6. The van der Waals surface area contributed by atoms with Crippen molar-refractivity contribution in [2.45, 2.75) is 13.8 Å². The number of benzene rings is 2. The summed E-state index contributed by atoms with van der Waals surface area (Å²) in [6, 6.07) is 13.4. The van der Waals surface area contributed by atoms with Gasteiger partial charge in [0.15, 0.2) is 11.5 Å². The predicted octanol–water partition coefficient (Wildman–Crippen LogP) is 3.95. The van der Waals surface area contributed by atoms with Gasteiger partial charge in [-0.2, -0.15) is 0 Å². The van der Waals surface area contributed by atoms with Crippen molar-refractivity contribution in [1.29, 1.82) is 0 Å². The summed E-state index contributed by atoms with van der Waals surface area (Å²) >= 11 is 0. The minimum atomic E-state index is -0.0873. The molecule has 0 bridgehead atoms. The lowest BCUT2D eigenvalue weighted by Gasteiger charge is -2.16. The van der Waals surface area contributed by atoms with E-state index in [1.807, 2.05) is 56.3 Å². The quantitative estimate of drug-likeness (QED) is 0.628. The average molecular weight is 369 g/mol. The summed E-state index contributed by atoms with van der Waals surface area (Å²) in [5.41, 5.74) is 2.01. The third-order valence-electron chi connectivity index (χ3n) is 3.97. The maximum atomic E-state index is 12.3. The van der Waals surface area contributed by atoms with E-state index >= 15 is 0 Å². The van der Waals surface area contributed by atoms with E-state index in [4.69, 9.17) is 14.2 Å². The number of carbonyl (C=O) groups is 1. The number of amides is 1. The monoisotopic (exact) mass is 369 g/mol. The van der Waals surface area contributed by atoms with Crippen molar-refractivity contribution in [1.82, 2.24) is 4.90 Å². The second-order valence-electron chi connectivity index (χ2n) is 6.10. The Morgan fingerprint density at radius 2 is 1.93 bits per heavy atom. The topological polar surface area (TPSA) is 48.0 Å². The van der Waals surface area contributed by atoms with Crippen molar-refractivity contribution in [3.05, 3.63) is 59.7 Å². The third-order valence-corrected chi connectivity index (χ3v) is 3.97. The molecule has 2 aromatic carbocycles. The highest BCUT2D eigenvalue weighted by Crippen LogP contribution is 2.28. The Balaban J connectivity index is 1.87. The fourth-order valence-corrected chi connectivity index (χ4v) is 2.47. The Bertz CT molecular complexity index is 786. The maximum Gasteiger partial charge on any atom is 0.246 e. The minimum Gasteiger partial charge on any atom is -0.493 e. The Morgan fingerprint density at radius 3 is 2.63 bits per heavy atom. The smallest absolute Gasteiger partial charge is 0.246 e. The van der Waals surface area contributed by atoms with Gasteiger partial charge in [-0.05, 0) is 55.3 Å². The van der Waals surface area contributed by atoms with Crippen LogP contribution >= 0.6 is 0 Å². The zero-order valence-electron chi connectivity index (χ0n) is 16.4. The summed E-state index contributed by atoms with van der Waals surface area (Å²) in [5.74, 6) is 2.06. The predicted molar refractivity (Wildman–Crippen MR) is 108 cm³/mol. The molecule has 0 saturated carbocycles. The van der Waals surface area contributed by atoms with Crippen LogP contribution in [0.25, 0.3) is 6.08 Å². The maximum absolute atomic E-state index is 12.3. The van der Waals surface area contributed by atoms with Gasteiger partial charge in [0, 0.05) is 13.1 Å². The second-order valence-corrected chi connectivity index (χ2v) is 6.10. The van der Waals surface area contributed by atoms with Crippen LogP contribution in [0.3, 0.4) is 0 Å². The van der Waals surface area contributed by atoms with Gasteiger partial charge in [0.05, 0.1) is 20.3 Å². The number of nitrogens with zero attached hydrogens (tertiary/aromatic N) is 1. The lowest BCUT2D eigenvalue weighted by molar-refractivity contribution is -0.125. The molecule has 27 heavy (non-hydrogen) atoms. The molecule has 0 aliphatic heterocycles.